The Hall–Kier alpha value is 0. The molecule has 0 nitrogen and oxygen atoms in total. The molecule has 0 unspecified atom stereocenters. The molecule has 0 spiro atoms. The Labute approximate surface area is 101 Å². The summed E-state index contributed by atoms with van der Waals surface area (Å²) in [7, 11) is 0. The first kappa shape index (κ1) is 24.3. The summed E-state index contributed by atoms with van der Waals surface area (Å²) in [6.07, 6.45) is 9.00. The van der Waals surface area contributed by atoms with Crippen molar-refractivity contribution in [2.45, 2.75) is 94.9 Å². The molecule has 15 heavy (non-hydrogen) atoms. The van der Waals surface area contributed by atoms with E-state index in [-0.39, 0.29) is 14.9 Å². The highest BCUT2D eigenvalue weighted by Gasteiger charge is 1.96. The summed E-state index contributed by atoms with van der Waals surface area (Å²) >= 11 is 0. The molecule has 0 N–H and O–H groups in total. The SMILES string of the molecule is C.C.C1CCCCC1.CC.CC(C)(C)C. The zero-order valence-electron chi connectivity index (χ0n) is 10.7. The second-order valence-corrected chi connectivity index (χ2v) is 5.12. The quantitative estimate of drug-likeness (QED) is 0.425. The third kappa shape index (κ3) is 56.0. The third-order valence-electron chi connectivity index (χ3n) is 1.50. The summed E-state index contributed by atoms with van der Waals surface area (Å²) in [5.74, 6) is 0. The summed E-state index contributed by atoms with van der Waals surface area (Å²) in [4.78, 5) is 0. The van der Waals surface area contributed by atoms with E-state index in [1.807, 2.05) is 13.8 Å². The highest BCUT2D eigenvalue weighted by Crippen LogP contribution is 2.15. The highest BCUT2D eigenvalue weighted by molar-refractivity contribution is 4.51. The molecule has 1 fully saturated rings. The van der Waals surface area contributed by atoms with Crippen LogP contribution in [0.2, 0.25) is 0 Å². The minimum Gasteiger partial charge on any atom is -0.0776 e. The van der Waals surface area contributed by atoms with Crippen LogP contribution in [0.1, 0.15) is 94.9 Å². The standard InChI is InChI=1S/C6H12.C5H12.C2H6.2CH4/c1-2-4-6-5-3-1;1-5(2,3)4;1-2;;/h1-6H2;1-4H3;1-2H3;2*1H4. The third-order valence-corrected chi connectivity index (χ3v) is 1.50. The molecular weight excluding hydrogens is 180 g/mol. The number of hydrogen-bond donors (Lipinski definition) is 0. The lowest BCUT2D eigenvalue weighted by molar-refractivity contribution is 0.469. The number of rotatable bonds is 0. The molecule has 1 aliphatic rings. The minimum absolute atomic E-state index is 0. The lowest BCUT2D eigenvalue weighted by Gasteiger charge is -2.05. The second-order valence-electron chi connectivity index (χ2n) is 5.12. The predicted octanol–water partition coefficient (Wildman–Crippen LogP) is 6.69. The maximum atomic E-state index is 2.19. The van der Waals surface area contributed by atoms with Crippen LogP contribution < -0.4 is 0 Å². The van der Waals surface area contributed by atoms with Crippen molar-refractivity contribution in [3.8, 4) is 0 Å². The molecule has 0 aromatic heterocycles. The first-order valence-corrected chi connectivity index (χ1v) is 6.00. The van der Waals surface area contributed by atoms with Crippen molar-refractivity contribution in [2.24, 2.45) is 5.41 Å². The van der Waals surface area contributed by atoms with Gasteiger partial charge in [-0.1, -0.05) is 94.9 Å². The zero-order valence-corrected chi connectivity index (χ0v) is 10.7. The van der Waals surface area contributed by atoms with Crippen molar-refractivity contribution in [1.82, 2.24) is 0 Å². The Bertz CT molecular complexity index is 55.0. The molecule has 0 heteroatoms. The van der Waals surface area contributed by atoms with Crippen LogP contribution in [0.5, 0.6) is 0 Å². The fourth-order valence-electron chi connectivity index (χ4n) is 1.06. The fourth-order valence-corrected chi connectivity index (χ4v) is 1.06. The van der Waals surface area contributed by atoms with E-state index in [0.29, 0.717) is 5.41 Å². The van der Waals surface area contributed by atoms with Gasteiger partial charge in [0.25, 0.3) is 0 Å². The Morgan fingerprint density at radius 3 is 0.667 bits per heavy atom. The molecule has 0 bridgehead atoms. The van der Waals surface area contributed by atoms with Crippen LogP contribution in [0, 0.1) is 5.41 Å². The van der Waals surface area contributed by atoms with Gasteiger partial charge < -0.3 is 0 Å². The van der Waals surface area contributed by atoms with Crippen molar-refractivity contribution in [3.05, 3.63) is 0 Å². The van der Waals surface area contributed by atoms with E-state index in [1.54, 1.807) is 0 Å². The topological polar surface area (TPSA) is 0 Å². The first-order valence-electron chi connectivity index (χ1n) is 6.00. The molecule has 1 rings (SSSR count). The van der Waals surface area contributed by atoms with Crippen LogP contribution >= 0.6 is 0 Å². The van der Waals surface area contributed by atoms with Crippen LogP contribution in [0.3, 0.4) is 0 Å². The van der Waals surface area contributed by atoms with Gasteiger partial charge in [0.15, 0.2) is 0 Å². The van der Waals surface area contributed by atoms with Gasteiger partial charge in [-0.2, -0.15) is 0 Å². The van der Waals surface area contributed by atoms with E-state index < -0.39 is 0 Å². The molecule has 0 aromatic rings. The van der Waals surface area contributed by atoms with Crippen LogP contribution in [0.15, 0.2) is 0 Å². The van der Waals surface area contributed by atoms with Gasteiger partial charge >= 0.3 is 0 Å². The van der Waals surface area contributed by atoms with Crippen molar-refractivity contribution < 1.29 is 0 Å². The molecule has 0 saturated heterocycles. The van der Waals surface area contributed by atoms with Crippen molar-refractivity contribution >= 4 is 0 Å². The summed E-state index contributed by atoms with van der Waals surface area (Å²) in [5, 5.41) is 0. The van der Waals surface area contributed by atoms with Gasteiger partial charge in [0.2, 0.25) is 0 Å². The van der Waals surface area contributed by atoms with Gasteiger partial charge in [0.05, 0.1) is 0 Å². The molecule has 98 valence electrons. The molecule has 0 aromatic carbocycles. The van der Waals surface area contributed by atoms with E-state index in [4.69, 9.17) is 0 Å². The average Bonchev–Trinajstić information content (AvgIpc) is 2.08. The van der Waals surface area contributed by atoms with Gasteiger partial charge in [-0.15, -0.1) is 0 Å². The molecule has 0 atom stereocenters. The lowest BCUT2D eigenvalue weighted by Crippen LogP contribution is -1.93. The van der Waals surface area contributed by atoms with Crippen LogP contribution in [-0.4, -0.2) is 0 Å². The van der Waals surface area contributed by atoms with E-state index >= 15 is 0 Å². The van der Waals surface area contributed by atoms with Gasteiger partial charge in [-0.3, -0.25) is 0 Å². The molecule has 0 radical (unpaired) electrons. The molecule has 0 amide bonds. The summed E-state index contributed by atoms with van der Waals surface area (Å²) < 4.78 is 0. The van der Waals surface area contributed by atoms with Gasteiger partial charge in [0, 0.05) is 0 Å². The zero-order chi connectivity index (χ0) is 10.7. The van der Waals surface area contributed by atoms with Crippen molar-refractivity contribution in [2.75, 3.05) is 0 Å². The molecule has 0 aliphatic heterocycles. The van der Waals surface area contributed by atoms with Crippen LogP contribution in [0.25, 0.3) is 0 Å². The Morgan fingerprint density at radius 2 is 0.600 bits per heavy atom. The second kappa shape index (κ2) is 16.4. The smallest absolute Gasteiger partial charge is 0.0411 e. The van der Waals surface area contributed by atoms with Crippen molar-refractivity contribution in [3.63, 3.8) is 0 Å². The Morgan fingerprint density at radius 1 is 0.533 bits per heavy atom. The number of hydrogen-bond acceptors (Lipinski definition) is 0. The van der Waals surface area contributed by atoms with Crippen LogP contribution in [0.4, 0.5) is 0 Å². The van der Waals surface area contributed by atoms with Crippen LogP contribution in [-0.2, 0) is 0 Å². The minimum atomic E-state index is 0. The Kier molecular flexibility index (Phi) is 26.6. The summed E-state index contributed by atoms with van der Waals surface area (Å²) in [6, 6.07) is 0. The van der Waals surface area contributed by atoms with E-state index in [2.05, 4.69) is 27.7 Å². The normalized spacial score (nSPS) is 14.0. The Balaban J connectivity index is -0.0000000629. The maximum Gasteiger partial charge on any atom is -0.0411 e. The maximum absolute atomic E-state index is 2.19. The highest BCUT2D eigenvalue weighted by atomic mass is 14.0. The fraction of sp³-hybridized carbons (Fsp3) is 1.00. The van der Waals surface area contributed by atoms with E-state index in [9.17, 15) is 0 Å². The summed E-state index contributed by atoms with van der Waals surface area (Å²) in [5.41, 5.74) is 0.500. The van der Waals surface area contributed by atoms with Gasteiger partial charge in [0.1, 0.15) is 0 Å². The molecule has 1 aliphatic carbocycles. The van der Waals surface area contributed by atoms with E-state index in [0.717, 1.165) is 0 Å². The van der Waals surface area contributed by atoms with Crippen molar-refractivity contribution in [1.29, 1.82) is 0 Å². The molecular formula is C15H38. The monoisotopic (exact) mass is 218 g/mol. The molecule has 1 saturated carbocycles. The lowest BCUT2D eigenvalue weighted by atomic mass is 10.0. The van der Waals surface area contributed by atoms with E-state index in [1.165, 1.54) is 38.5 Å². The molecule has 0 heterocycles. The summed E-state index contributed by atoms with van der Waals surface area (Å²) in [6.45, 7) is 12.8. The predicted molar refractivity (Wildman–Crippen MR) is 77.6 cm³/mol. The largest absolute Gasteiger partial charge is 0.0776 e. The average molecular weight is 218 g/mol. The van der Waals surface area contributed by atoms with Gasteiger partial charge in [-0.25, -0.2) is 0 Å². The van der Waals surface area contributed by atoms with Gasteiger partial charge in [-0.05, 0) is 5.41 Å². The first-order chi connectivity index (χ1) is 6.00.